The number of amides is 1. The van der Waals surface area contributed by atoms with Crippen LogP contribution in [-0.2, 0) is 17.4 Å². The van der Waals surface area contributed by atoms with Crippen molar-refractivity contribution in [2.45, 2.75) is 25.4 Å². The van der Waals surface area contributed by atoms with Crippen LogP contribution in [0.2, 0.25) is 0 Å². The van der Waals surface area contributed by atoms with Crippen molar-refractivity contribution in [1.29, 1.82) is 0 Å². The number of alkyl halides is 3. The monoisotopic (exact) mass is 345 g/mol. The average Bonchev–Trinajstić information content (AvgIpc) is 2.60. The Morgan fingerprint density at radius 1 is 1.12 bits per heavy atom. The molecule has 2 heterocycles. The smallest absolute Gasteiger partial charge is 0.273 e. The summed E-state index contributed by atoms with van der Waals surface area (Å²) in [7, 11) is 0. The predicted molar refractivity (Wildman–Crippen MR) is 86.1 cm³/mol. The van der Waals surface area contributed by atoms with Gasteiger partial charge in [0.15, 0.2) is 0 Å². The molecule has 1 aliphatic carbocycles. The standard InChI is InChI=1S/C18H14F3N3O/c19-18(20,21)13-3-5-14(6-4-13)24-16(25)9-11-1-2-12-10-22-8-7-15(12)17(11)23-24/h3-8,10-11H,1-2,9H2. The van der Waals surface area contributed by atoms with Gasteiger partial charge in [-0.25, -0.2) is 5.01 Å². The lowest BCUT2D eigenvalue weighted by molar-refractivity contribution is -0.137. The van der Waals surface area contributed by atoms with Crippen LogP contribution >= 0.6 is 0 Å². The highest BCUT2D eigenvalue weighted by Gasteiger charge is 2.35. The van der Waals surface area contributed by atoms with Gasteiger partial charge in [0.1, 0.15) is 0 Å². The number of carbonyl (C=O) groups excluding carboxylic acids is 1. The van der Waals surface area contributed by atoms with Crippen molar-refractivity contribution >= 4 is 17.3 Å². The number of hydrogen-bond donors (Lipinski definition) is 0. The van der Waals surface area contributed by atoms with E-state index in [9.17, 15) is 18.0 Å². The number of anilines is 1. The molecule has 4 nitrogen and oxygen atoms in total. The molecular weight excluding hydrogens is 331 g/mol. The van der Waals surface area contributed by atoms with E-state index < -0.39 is 11.7 Å². The van der Waals surface area contributed by atoms with E-state index in [1.165, 1.54) is 17.1 Å². The van der Waals surface area contributed by atoms with Crippen LogP contribution in [0.3, 0.4) is 0 Å². The highest BCUT2D eigenvalue weighted by Crippen LogP contribution is 2.35. The summed E-state index contributed by atoms with van der Waals surface area (Å²) in [5.74, 6) is -0.154. The molecule has 2 aromatic rings. The van der Waals surface area contributed by atoms with Crippen LogP contribution in [0, 0.1) is 5.92 Å². The molecule has 0 radical (unpaired) electrons. The SMILES string of the molecule is O=C1CC2CCc3cnccc3C2=NN1c1ccc(C(F)(F)F)cc1. The topological polar surface area (TPSA) is 45.6 Å². The number of carbonyl (C=O) groups is 1. The van der Waals surface area contributed by atoms with Crippen LogP contribution in [0.4, 0.5) is 18.9 Å². The molecule has 0 saturated carbocycles. The summed E-state index contributed by atoms with van der Waals surface area (Å²) in [6.45, 7) is 0. The van der Waals surface area contributed by atoms with Crippen molar-refractivity contribution in [3.8, 4) is 0 Å². The minimum atomic E-state index is -4.41. The van der Waals surface area contributed by atoms with Gasteiger partial charge in [0.2, 0.25) is 5.91 Å². The number of aryl methyl sites for hydroxylation is 1. The van der Waals surface area contributed by atoms with Crippen LogP contribution in [0.25, 0.3) is 0 Å². The number of pyridine rings is 1. The summed E-state index contributed by atoms with van der Waals surface area (Å²) < 4.78 is 38.1. The molecule has 0 N–H and O–H groups in total. The second-order valence-corrected chi connectivity index (χ2v) is 6.21. The van der Waals surface area contributed by atoms with Crippen molar-refractivity contribution in [2.75, 3.05) is 5.01 Å². The molecule has 1 aromatic carbocycles. The van der Waals surface area contributed by atoms with Gasteiger partial charge in [0, 0.05) is 30.3 Å². The van der Waals surface area contributed by atoms with Gasteiger partial charge in [0.05, 0.1) is 17.0 Å². The second-order valence-electron chi connectivity index (χ2n) is 6.21. The van der Waals surface area contributed by atoms with Gasteiger partial charge in [-0.15, -0.1) is 0 Å². The van der Waals surface area contributed by atoms with E-state index >= 15 is 0 Å². The lowest BCUT2D eigenvalue weighted by Gasteiger charge is -2.33. The van der Waals surface area contributed by atoms with Gasteiger partial charge in [-0.2, -0.15) is 18.3 Å². The Morgan fingerprint density at radius 2 is 1.88 bits per heavy atom. The first kappa shape index (κ1) is 15.8. The van der Waals surface area contributed by atoms with Crippen LogP contribution in [0.1, 0.15) is 29.5 Å². The first-order valence-electron chi connectivity index (χ1n) is 7.95. The molecule has 7 heteroatoms. The maximum atomic E-state index is 12.7. The summed E-state index contributed by atoms with van der Waals surface area (Å²) in [5, 5.41) is 5.69. The number of aromatic nitrogens is 1. The normalized spacial score (nSPS) is 20.0. The molecule has 2 aliphatic rings. The molecule has 0 bridgehead atoms. The number of fused-ring (bicyclic) bond motifs is 3. The fourth-order valence-electron chi connectivity index (χ4n) is 3.35. The Balaban J connectivity index is 1.73. The van der Waals surface area contributed by atoms with E-state index in [1.54, 1.807) is 12.4 Å². The fraction of sp³-hybridized carbons (Fsp3) is 0.278. The minimum absolute atomic E-state index is 0.0492. The number of benzene rings is 1. The Bertz CT molecular complexity index is 859. The maximum absolute atomic E-state index is 12.7. The maximum Gasteiger partial charge on any atom is 0.416 e. The third kappa shape index (κ3) is 2.79. The Kier molecular flexibility index (Phi) is 3.59. The first-order valence-corrected chi connectivity index (χ1v) is 7.95. The van der Waals surface area contributed by atoms with Crippen molar-refractivity contribution in [1.82, 2.24) is 4.98 Å². The molecule has 25 heavy (non-hydrogen) atoms. The number of halogens is 3. The quantitative estimate of drug-likeness (QED) is 0.789. The van der Waals surface area contributed by atoms with E-state index in [0.29, 0.717) is 12.1 Å². The Hall–Kier alpha value is -2.70. The molecule has 1 aliphatic heterocycles. The highest BCUT2D eigenvalue weighted by atomic mass is 19.4. The Labute approximate surface area is 142 Å². The molecule has 0 fully saturated rings. The predicted octanol–water partition coefficient (Wildman–Crippen LogP) is 3.80. The van der Waals surface area contributed by atoms with Gasteiger partial charge in [0.25, 0.3) is 0 Å². The summed E-state index contributed by atoms with van der Waals surface area (Å²) in [6.07, 6.45) is 1.05. The summed E-state index contributed by atoms with van der Waals surface area (Å²) in [6, 6.07) is 6.37. The summed E-state index contributed by atoms with van der Waals surface area (Å²) >= 11 is 0. The fourth-order valence-corrected chi connectivity index (χ4v) is 3.35. The molecule has 1 aromatic heterocycles. The molecule has 0 spiro atoms. The zero-order valence-corrected chi connectivity index (χ0v) is 13.1. The lowest BCUT2D eigenvalue weighted by atomic mass is 9.80. The van der Waals surface area contributed by atoms with Gasteiger partial charge in [-0.3, -0.25) is 9.78 Å². The molecule has 1 amide bonds. The van der Waals surface area contributed by atoms with Gasteiger partial charge in [-0.1, -0.05) is 0 Å². The van der Waals surface area contributed by atoms with Gasteiger partial charge < -0.3 is 0 Å². The lowest BCUT2D eigenvalue weighted by Crippen LogP contribution is -2.39. The second kappa shape index (κ2) is 5.68. The highest BCUT2D eigenvalue weighted by molar-refractivity contribution is 6.11. The first-order chi connectivity index (χ1) is 11.9. The van der Waals surface area contributed by atoms with Crippen molar-refractivity contribution in [3.63, 3.8) is 0 Å². The van der Waals surface area contributed by atoms with Crippen LogP contribution < -0.4 is 5.01 Å². The summed E-state index contributed by atoms with van der Waals surface area (Å²) in [4.78, 5) is 16.5. The van der Waals surface area contributed by atoms with Crippen molar-refractivity contribution < 1.29 is 18.0 Å². The minimum Gasteiger partial charge on any atom is -0.273 e. The third-order valence-electron chi connectivity index (χ3n) is 4.63. The number of rotatable bonds is 1. The molecule has 128 valence electrons. The Morgan fingerprint density at radius 3 is 2.60 bits per heavy atom. The summed E-state index contributed by atoms with van der Waals surface area (Å²) in [5.41, 5.74) is 2.45. The van der Waals surface area contributed by atoms with Gasteiger partial charge in [-0.05, 0) is 48.7 Å². The van der Waals surface area contributed by atoms with Crippen molar-refractivity contribution in [2.24, 2.45) is 11.0 Å². The average molecular weight is 345 g/mol. The number of hydrazone groups is 1. The molecular formula is C18H14F3N3O. The molecule has 4 rings (SSSR count). The van der Waals surface area contributed by atoms with Crippen LogP contribution in [0.5, 0.6) is 0 Å². The zero-order chi connectivity index (χ0) is 17.6. The van der Waals surface area contributed by atoms with Crippen molar-refractivity contribution in [3.05, 3.63) is 59.4 Å². The largest absolute Gasteiger partial charge is 0.416 e. The van der Waals surface area contributed by atoms with E-state index in [2.05, 4.69) is 10.1 Å². The van der Waals surface area contributed by atoms with E-state index in [-0.39, 0.29) is 11.8 Å². The van der Waals surface area contributed by atoms with Gasteiger partial charge >= 0.3 is 6.18 Å². The third-order valence-corrected chi connectivity index (χ3v) is 4.63. The number of nitrogens with zero attached hydrogens (tertiary/aromatic N) is 3. The van der Waals surface area contributed by atoms with E-state index in [1.807, 2.05) is 6.07 Å². The van der Waals surface area contributed by atoms with Crippen LogP contribution in [0.15, 0.2) is 47.8 Å². The molecule has 1 unspecified atom stereocenters. The van der Waals surface area contributed by atoms with Crippen LogP contribution in [-0.4, -0.2) is 16.6 Å². The molecule has 1 atom stereocenters. The van der Waals surface area contributed by atoms with E-state index in [0.717, 1.165) is 41.8 Å². The zero-order valence-electron chi connectivity index (χ0n) is 13.1. The molecule has 0 saturated heterocycles. The number of hydrogen-bond acceptors (Lipinski definition) is 3. The van der Waals surface area contributed by atoms with E-state index in [4.69, 9.17) is 0 Å².